The van der Waals surface area contributed by atoms with Crippen LogP contribution < -0.4 is 5.69 Å². The van der Waals surface area contributed by atoms with Crippen LogP contribution in [0.3, 0.4) is 0 Å². The smallest absolute Gasteiger partial charge is 0.295 e. The van der Waals surface area contributed by atoms with Gasteiger partial charge in [0.2, 0.25) is 0 Å². The number of fused-ring (bicyclic) bond motifs is 1. The quantitative estimate of drug-likeness (QED) is 0.540. The summed E-state index contributed by atoms with van der Waals surface area (Å²) < 4.78 is 2.74. The summed E-state index contributed by atoms with van der Waals surface area (Å²) in [6, 6.07) is 11.1. The van der Waals surface area contributed by atoms with E-state index in [1.54, 1.807) is 43.4 Å². The second kappa shape index (κ2) is 4.75. The molecule has 0 N–H and O–H groups in total. The highest BCUT2D eigenvalue weighted by Crippen LogP contribution is 2.26. The average Bonchev–Trinajstić information content (AvgIpc) is 2.70. The van der Waals surface area contributed by atoms with Gasteiger partial charge in [-0.1, -0.05) is 23.7 Å². The first-order valence-corrected chi connectivity index (χ1v) is 6.49. The van der Waals surface area contributed by atoms with Gasteiger partial charge in [0.15, 0.2) is 0 Å². The van der Waals surface area contributed by atoms with Crippen molar-refractivity contribution in [1.29, 1.82) is 0 Å². The molecule has 0 bridgehead atoms. The van der Waals surface area contributed by atoms with Gasteiger partial charge in [0, 0.05) is 18.1 Å². The molecule has 0 saturated heterocycles. The molecule has 0 radical (unpaired) electrons. The SMILES string of the molecule is Cn1c(=O)n(-c2ccccc2[N+](=O)[O-])c2cc(Cl)ccc21. The van der Waals surface area contributed by atoms with Crippen LogP contribution in [0.1, 0.15) is 0 Å². The Morgan fingerprint density at radius 2 is 1.86 bits per heavy atom. The molecule has 0 aliphatic heterocycles. The fourth-order valence-electron chi connectivity index (χ4n) is 2.36. The number of para-hydroxylation sites is 2. The molecule has 0 saturated carbocycles. The number of aryl methyl sites for hydroxylation is 1. The molecular weight excluding hydrogens is 294 g/mol. The normalized spacial score (nSPS) is 11.0. The first-order chi connectivity index (χ1) is 10.0. The minimum atomic E-state index is -0.509. The minimum Gasteiger partial charge on any atom is -0.295 e. The summed E-state index contributed by atoms with van der Waals surface area (Å²) in [5.74, 6) is 0. The van der Waals surface area contributed by atoms with Crippen LogP contribution in [-0.2, 0) is 7.05 Å². The highest BCUT2D eigenvalue weighted by Gasteiger charge is 2.20. The second-order valence-electron chi connectivity index (χ2n) is 4.56. The van der Waals surface area contributed by atoms with Crippen molar-refractivity contribution in [2.75, 3.05) is 0 Å². The molecule has 0 spiro atoms. The summed E-state index contributed by atoms with van der Waals surface area (Å²) >= 11 is 5.98. The van der Waals surface area contributed by atoms with Crippen LogP contribution in [0.4, 0.5) is 5.69 Å². The van der Waals surface area contributed by atoms with E-state index in [9.17, 15) is 14.9 Å². The van der Waals surface area contributed by atoms with Crippen LogP contribution in [0.15, 0.2) is 47.3 Å². The molecule has 7 heteroatoms. The number of imidazole rings is 1. The highest BCUT2D eigenvalue weighted by molar-refractivity contribution is 6.31. The summed E-state index contributed by atoms with van der Waals surface area (Å²) in [5, 5.41) is 11.6. The van der Waals surface area contributed by atoms with Gasteiger partial charge in [-0.2, -0.15) is 0 Å². The Morgan fingerprint density at radius 1 is 1.14 bits per heavy atom. The fraction of sp³-hybridized carbons (Fsp3) is 0.0714. The van der Waals surface area contributed by atoms with E-state index in [0.29, 0.717) is 16.1 Å². The fourth-order valence-corrected chi connectivity index (χ4v) is 2.52. The Labute approximate surface area is 124 Å². The number of nitrogens with zero attached hydrogens (tertiary/aromatic N) is 3. The maximum absolute atomic E-state index is 12.4. The summed E-state index contributed by atoms with van der Waals surface area (Å²) in [5.41, 5.74) is 0.917. The molecule has 0 fully saturated rings. The van der Waals surface area contributed by atoms with E-state index in [4.69, 9.17) is 11.6 Å². The number of hydrogen-bond acceptors (Lipinski definition) is 3. The third-order valence-corrected chi connectivity index (χ3v) is 3.57. The van der Waals surface area contributed by atoms with Crippen molar-refractivity contribution in [1.82, 2.24) is 9.13 Å². The van der Waals surface area contributed by atoms with Gasteiger partial charge < -0.3 is 0 Å². The predicted octanol–water partition coefficient (Wildman–Crippen LogP) is 2.89. The molecule has 2 aromatic carbocycles. The lowest BCUT2D eigenvalue weighted by atomic mass is 10.2. The summed E-state index contributed by atoms with van der Waals surface area (Å²) in [7, 11) is 1.61. The molecule has 106 valence electrons. The van der Waals surface area contributed by atoms with E-state index in [2.05, 4.69) is 0 Å². The molecule has 1 aromatic heterocycles. The largest absolute Gasteiger partial charge is 0.333 e. The van der Waals surface area contributed by atoms with Crippen LogP contribution in [-0.4, -0.2) is 14.1 Å². The molecule has 0 atom stereocenters. The van der Waals surface area contributed by atoms with Crippen molar-refractivity contribution in [2.45, 2.75) is 0 Å². The van der Waals surface area contributed by atoms with Crippen LogP contribution in [0.25, 0.3) is 16.7 Å². The molecule has 3 rings (SSSR count). The molecule has 21 heavy (non-hydrogen) atoms. The minimum absolute atomic E-state index is 0.132. The monoisotopic (exact) mass is 303 g/mol. The Kier molecular flexibility index (Phi) is 3.03. The predicted molar refractivity (Wildman–Crippen MR) is 80.2 cm³/mol. The topological polar surface area (TPSA) is 70.1 Å². The molecule has 0 aliphatic carbocycles. The van der Waals surface area contributed by atoms with Gasteiger partial charge in [-0.3, -0.25) is 19.2 Å². The maximum atomic E-state index is 12.4. The number of aromatic nitrogens is 2. The zero-order valence-corrected chi connectivity index (χ0v) is 11.7. The number of rotatable bonds is 2. The third-order valence-electron chi connectivity index (χ3n) is 3.34. The summed E-state index contributed by atoms with van der Waals surface area (Å²) in [6.07, 6.45) is 0. The third kappa shape index (κ3) is 2.00. The lowest BCUT2D eigenvalue weighted by Crippen LogP contribution is -2.21. The lowest BCUT2D eigenvalue weighted by Gasteiger charge is -2.04. The second-order valence-corrected chi connectivity index (χ2v) is 4.99. The van der Waals surface area contributed by atoms with Crippen molar-refractivity contribution in [3.05, 3.63) is 68.1 Å². The van der Waals surface area contributed by atoms with E-state index in [1.165, 1.54) is 15.2 Å². The van der Waals surface area contributed by atoms with Gasteiger partial charge in [0.05, 0.1) is 16.0 Å². The molecule has 3 aromatic rings. The number of nitro groups is 1. The Bertz CT molecular complexity index is 927. The van der Waals surface area contributed by atoms with Crippen molar-refractivity contribution in [2.24, 2.45) is 7.05 Å². The van der Waals surface area contributed by atoms with E-state index in [-0.39, 0.29) is 17.1 Å². The summed E-state index contributed by atoms with van der Waals surface area (Å²) in [6.45, 7) is 0. The highest BCUT2D eigenvalue weighted by atomic mass is 35.5. The van der Waals surface area contributed by atoms with Gasteiger partial charge in [-0.15, -0.1) is 0 Å². The zero-order chi connectivity index (χ0) is 15.1. The Morgan fingerprint density at radius 3 is 2.57 bits per heavy atom. The van der Waals surface area contributed by atoms with E-state index < -0.39 is 4.92 Å². The molecule has 0 unspecified atom stereocenters. The summed E-state index contributed by atoms with van der Waals surface area (Å²) in [4.78, 5) is 23.1. The van der Waals surface area contributed by atoms with Gasteiger partial charge >= 0.3 is 5.69 Å². The van der Waals surface area contributed by atoms with Crippen molar-refractivity contribution in [3.8, 4) is 5.69 Å². The van der Waals surface area contributed by atoms with Gasteiger partial charge in [0.25, 0.3) is 5.69 Å². The number of benzene rings is 2. The van der Waals surface area contributed by atoms with E-state index in [0.717, 1.165) is 0 Å². The lowest BCUT2D eigenvalue weighted by molar-refractivity contribution is -0.384. The van der Waals surface area contributed by atoms with Gasteiger partial charge in [0.1, 0.15) is 5.69 Å². The van der Waals surface area contributed by atoms with Gasteiger partial charge in [-0.25, -0.2) is 4.79 Å². The van der Waals surface area contributed by atoms with Crippen LogP contribution in [0.5, 0.6) is 0 Å². The Balaban J connectivity index is 2.47. The standard InChI is InChI=1S/C14H10ClN3O3/c1-16-10-7-6-9(15)8-13(10)17(14(16)19)11-4-2-3-5-12(11)18(20)21/h2-8H,1H3. The number of halogens is 1. The molecule has 0 aliphatic rings. The first kappa shape index (κ1) is 13.4. The van der Waals surface area contributed by atoms with E-state index in [1.807, 2.05) is 0 Å². The number of hydrogen-bond donors (Lipinski definition) is 0. The van der Waals surface area contributed by atoms with Crippen LogP contribution >= 0.6 is 11.6 Å². The van der Waals surface area contributed by atoms with Crippen molar-refractivity contribution >= 4 is 28.3 Å². The van der Waals surface area contributed by atoms with Crippen LogP contribution in [0, 0.1) is 10.1 Å². The molecule has 1 heterocycles. The average molecular weight is 304 g/mol. The number of nitro benzene ring substituents is 1. The van der Waals surface area contributed by atoms with Gasteiger partial charge in [-0.05, 0) is 24.3 Å². The van der Waals surface area contributed by atoms with Crippen molar-refractivity contribution in [3.63, 3.8) is 0 Å². The zero-order valence-electron chi connectivity index (χ0n) is 11.0. The van der Waals surface area contributed by atoms with Crippen LogP contribution in [0.2, 0.25) is 5.02 Å². The Hall–Kier alpha value is -2.60. The molecular formula is C14H10ClN3O3. The van der Waals surface area contributed by atoms with Crippen molar-refractivity contribution < 1.29 is 4.92 Å². The molecule has 0 amide bonds. The first-order valence-electron chi connectivity index (χ1n) is 6.11. The maximum Gasteiger partial charge on any atom is 0.333 e. The van der Waals surface area contributed by atoms with E-state index >= 15 is 0 Å². The molecule has 6 nitrogen and oxygen atoms in total.